The number of rotatable bonds is 6. The van der Waals surface area contributed by atoms with Gasteiger partial charge >= 0.3 is 0 Å². The molecule has 0 spiro atoms. The van der Waals surface area contributed by atoms with E-state index in [9.17, 15) is 27.5 Å². The number of carbonyl (C=O) groups is 1. The number of carbonyl (C=O) groups excluding carboxylic acids is 1. The third-order valence-corrected chi connectivity index (χ3v) is 5.85. The molecule has 29 heavy (non-hydrogen) atoms. The number of hydrogen-bond acceptors (Lipinski definition) is 7. The van der Waals surface area contributed by atoms with E-state index in [2.05, 4.69) is 15.3 Å². The first-order valence-corrected chi connectivity index (χ1v) is 10.4. The maximum Gasteiger partial charge on any atom is 0.293 e. The largest absolute Gasteiger partial charge is 0.501 e. The van der Waals surface area contributed by atoms with Crippen molar-refractivity contribution in [2.45, 2.75) is 30.8 Å². The fourth-order valence-electron chi connectivity index (χ4n) is 2.41. The minimum absolute atomic E-state index is 0.153. The topological polar surface area (TPSA) is 132 Å². The zero-order chi connectivity index (χ0) is 22.1. The van der Waals surface area contributed by atoms with Gasteiger partial charge in [-0.2, -0.15) is 0 Å². The molecule has 0 atom stereocenters. The number of aromatic hydroxyl groups is 1. The number of hydrogen-bond donors (Lipinski definition) is 3. The maximum atomic E-state index is 13.4. The highest BCUT2D eigenvalue weighted by atomic mass is 32.2. The summed E-state index contributed by atoms with van der Waals surface area (Å²) in [6, 6.07) is 3.16. The molecular formula is C18H23FN4O5S. The maximum absolute atomic E-state index is 13.4. The molecule has 0 aliphatic heterocycles. The van der Waals surface area contributed by atoms with Gasteiger partial charge in [0.15, 0.2) is 15.5 Å². The van der Waals surface area contributed by atoms with Crippen molar-refractivity contribution in [1.29, 1.82) is 0 Å². The molecule has 0 bridgehead atoms. The molecule has 1 aromatic heterocycles. The highest BCUT2D eigenvalue weighted by Crippen LogP contribution is 2.23. The molecule has 0 aliphatic carbocycles. The fourth-order valence-corrected chi connectivity index (χ4v) is 3.35. The van der Waals surface area contributed by atoms with E-state index in [1.54, 1.807) is 32.8 Å². The van der Waals surface area contributed by atoms with Crippen molar-refractivity contribution in [3.63, 3.8) is 0 Å². The van der Waals surface area contributed by atoms with Gasteiger partial charge in [-0.25, -0.2) is 17.8 Å². The number of aromatic nitrogens is 2. The van der Waals surface area contributed by atoms with E-state index < -0.39 is 44.1 Å². The molecule has 0 aliphatic rings. The molecule has 158 valence electrons. The Morgan fingerprint density at radius 1 is 1.34 bits per heavy atom. The van der Waals surface area contributed by atoms with Crippen molar-refractivity contribution in [2.75, 3.05) is 20.4 Å². The Hall–Kier alpha value is -2.79. The average Bonchev–Trinajstić information content (AvgIpc) is 2.61. The van der Waals surface area contributed by atoms with E-state index in [1.807, 2.05) is 0 Å². The number of nitrogens with one attached hydrogen (secondary N) is 2. The Bertz CT molecular complexity index is 1110. The van der Waals surface area contributed by atoms with Gasteiger partial charge in [-0.3, -0.25) is 14.5 Å². The van der Waals surface area contributed by atoms with Crippen LogP contribution < -0.4 is 10.9 Å². The Morgan fingerprint density at radius 2 is 1.97 bits per heavy atom. The lowest BCUT2D eigenvalue weighted by Gasteiger charge is -2.31. The van der Waals surface area contributed by atoms with Crippen LogP contribution in [0.2, 0.25) is 0 Å². The summed E-state index contributed by atoms with van der Waals surface area (Å²) < 4.78 is 37.1. The number of aromatic amines is 1. The summed E-state index contributed by atoms with van der Waals surface area (Å²) in [4.78, 5) is 32.6. The van der Waals surface area contributed by atoms with Crippen LogP contribution in [0.5, 0.6) is 5.75 Å². The highest BCUT2D eigenvalue weighted by molar-refractivity contribution is 7.90. The SMILES string of the molecule is CN(C)C(C)(C)c1nc(C(=O)NCc2ccc(F)cc2S(C)(=O)=O)c(O)c(=O)[nH]1. The van der Waals surface area contributed by atoms with Crippen molar-refractivity contribution in [3.05, 3.63) is 51.5 Å². The summed E-state index contributed by atoms with van der Waals surface area (Å²) in [6.45, 7) is 3.25. The van der Waals surface area contributed by atoms with Crippen LogP contribution in [0.25, 0.3) is 0 Å². The highest BCUT2D eigenvalue weighted by Gasteiger charge is 2.29. The second-order valence-corrected chi connectivity index (χ2v) is 9.26. The molecule has 1 aromatic carbocycles. The van der Waals surface area contributed by atoms with Crippen LogP contribution in [0.1, 0.15) is 35.7 Å². The van der Waals surface area contributed by atoms with Gasteiger partial charge < -0.3 is 15.4 Å². The number of sulfone groups is 1. The lowest BCUT2D eigenvalue weighted by molar-refractivity contribution is 0.0939. The van der Waals surface area contributed by atoms with Crippen LogP contribution in [0.3, 0.4) is 0 Å². The molecule has 2 rings (SSSR count). The van der Waals surface area contributed by atoms with Crippen molar-refractivity contribution in [1.82, 2.24) is 20.2 Å². The van der Waals surface area contributed by atoms with Gasteiger partial charge in [-0.1, -0.05) is 6.07 Å². The third-order valence-electron chi connectivity index (χ3n) is 4.68. The first-order valence-electron chi connectivity index (χ1n) is 8.53. The number of benzene rings is 1. The molecule has 2 aromatic rings. The zero-order valence-electron chi connectivity index (χ0n) is 16.7. The van der Waals surface area contributed by atoms with Crippen LogP contribution >= 0.6 is 0 Å². The Kier molecular flexibility index (Phi) is 6.14. The van der Waals surface area contributed by atoms with Gasteiger partial charge in [0.05, 0.1) is 10.4 Å². The van der Waals surface area contributed by atoms with Crippen molar-refractivity contribution in [2.24, 2.45) is 0 Å². The van der Waals surface area contributed by atoms with Crippen molar-refractivity contribution >= 4 is 15.7 Å². The van der Waals surface area contributed by atoms with Crippen LogP contribution in [0.15, 0.2) is 27.9 Å². The summed E-state index contributed by atoms with van der Waals surface area (Å²) in [5.41, 5.74) is -1.97. The summed E-state index contributed by atoms with van der Waals surface area (Å²) in [5.74, 6) is -2.31. The average molecular weight is 426 g/mol. The van der Waals surface area contributed by atoms with Crippen LogP contribution in [-0.4, -0.2) is 54.7 Å². The van der Waals surface area contributed by atoms with E-state index in [0.29, 0.717) is 0 Å². The minimum atomic E-state index is -3.74. The molecule has 0 unspecified atom stereocenters. The van der Waals surface area contributed by atoms with Gasteiger partial charge in [0, 0.05) is 12.8 Å². The van der Waals surface area contributed by atoms with E-state index in [0.717, 1.165) is 18.4 Å². The predicted molar refractivity (Wildman–Crippen MR) is 104 cm³/mol. The Morgan fingerprint density at radius 3 is 2.52 bits per heavy atom. The normalized spacial score (nSPS) is 12.2. The van der Waals surface area contributed by atoms with Gasteiger partial charge in [0.25, 0.3) is 11.5 Å². The predicted octanol–water partition coefficient (Wildman–Crippen LogP) is 0.745. The van der Waals surface area contributed by atoms with E-state index >= 15 is 0 Å². The van der Waals surface area contributed by atoms with Gasteiger partial charge in [-0.15, -0.1) is 0 Å². The zero-order valence-corrected chi connectivity index (χ0v) is 17.5. The first kappa shape index (κ1) is 22.5. The standard InChI is InChI=1S/C18H23FN4O5S/c1-18(2,23(3)4)17-21-13(14(24)16(26)22-17)15(25)20-9-10-6-7-11(19)8-12(10)29(5,27)28/h6-8,24H,9H2,1-5H3,(H,20,25)(H,21,22,26). The van der Waals surface area contributed by atoms with Gasteiger partial charge in [-0.05, 0) is 45.6 Å². The lowest BCUT2D eigenvalue weighted by atomic mass is 10.0. The third kappa shape index (κ3) is 4.80. The number of halogens is 1. The van der Waals surface area contributed by atoms with E-state index in [-0.39, 0.29) is 22.8 Å². The quantitative estimate of drug-likeness (QED) is 0.621. The molecule has 0 radical (unpaired) electrons. The molecule has 1 amide bonds. The monoisotopic (exact) mass is 426 g/mol. The Labute approximate surface area is 167 Å². The number of nitrogens with zero attached hydrogens (tertiary/aromatic N) is 2. The molecule has 9 nitrogen and oxygen atoms in total. The second kappa shape index (κ2) is 7.91. The van der Waals surface area contributed by atoms with Crippen molar-refractivity contribution in [3.8, 4) is 5.75 Å². The fraction of sp³-hybridized carbons (Fsp3) is 0.389. The lowest BCUT2D eigenvalue weighted by Crippen LogP contribution is -2.39. The molecule has 0 saturated carbocycles. The van der Waals surface area contributed by atoms with E-state index in [4.69, 9.17) is 0 Å². The van der Waals surface area contributed by atoms with Crippen LogP contribution in [-0.2, 0) is 21.9 Å². The molecule has 0 saturated heterocycles. The first-order chi connectivity index (χ1) is 13.2. The summed E-state index contributed by atoms with van der Waals surface area (Å²) in [5, 5.41) is 12.4. The number of H-pyrrole nitrogens is 1. The molecule has 3 N–H and O–H groups in total. The summed E-state index contributed by atoms with van der Waals surface area (Å²) in [7, 11) is -0.220. The molecule has 1 heterocycles. The molecular weight excluding hydrogens is 403 g/mol. The van der Waals surface area contributed by atoms with Crippen LogP contribution in [0, 0.1) is 5.82 Å². The molecule has 11 heteroatoms. The smallest absolute Gasteiger partial charge is 0.293 e. The van der Waals surface area contributed by atoms with Gasteiger partial charge in [0.2, 0.25) is 5.75 Å². The number of amides is 1. The van der Waals surface area contributed by atoms with Crippen LogP contribution in [0.4, 0.5) is 4.39 Å². The summed E-state index contributed by atoms with van der Waals surface area (Å²) in [6.07, 6.45) is 0.923. The second-order valence-electron chi connectivity index (χ2n) is 7.27. The summed E-state index contributed by atoms with van der Waals surface area (Å²) >= 11 is 0. The Balaban J connectivity index is 2.38. The van der Waals surface area contributed by atoms with E-state index in [1.165, 1.54) is 6.07 Å². The minimum Gasteiger partial charge on any atom is -0.501 e. The molecule has 0 fully saturated rings. The van der Waals surface area contributed by atoms with Gasteiger partial charge in [0.1, 0.15) is 11.6 Å². The van der Waals surface area contributed by atoms with Crippen molar-refractivity contribution < 1.29 is 22.7 Å².